The lowest BCUT2D eigenvalue weighted by Gasteiger charge is -2.12. The Bertz CT molecular complexity index is 1030. The fourth-order valence-corrected chi connectivity index (χ4v) is 4.80. The molecule has 0 saturated carbocycles. The van der Waals surface area contributed by atoms with E-state index in [9.17, 15) is 5.11 Å². The van der Waals surface area contributed by atoms with E-state index in [0.29, 0.717) is 5.69 Å². The van der Waals surface area contributed by atoms with Crippen LogP contribution in [-0.4, -0.2) is 14.7 Å². The van der Waals surface area contributed by atoms with Crippen molar-refractivity contribution in [1.82, 2.24) is 9.55 Å². The minimum Gasteiger partial charge on any atom is -0.382 e. The molecule has 3 aromatic carbocycles. The molecule has 140 valence electrons. The predicted molar refractivity (Wildman–Crippen MR) is 115 cm³/mol. The topological polar surface area (TPSA) is 38.0 Å². The van der Waals surface area contributed by atoms with E-state index in [2.05, 4.69) is 28.8 Å². The Morgan fingerprint density at radius 1 is 0.750 bits per heavy atom. The molecule has 0 aliphatic heterocycles. The van der Waals surface area contributed by atoms with Gasteiger partial charge in [-0.05, 0) is 29.8 Å². The molecule has 1 aromatic heterocycles. The van der Waals surface area contributed by atoms with Crippen LogP contribution < -0.4 is 0 Å². The van der Waals surface area contributed by atoms with Crippen molar-refractivity contribution in [2.75, 3.05) is 0 Å². The second kappa shape index (κ2) is 8.69. The number of hydrogen-bond donors (Lipinski definition) is 1. The van der Waals surface area contributed by atoms with Gasteiger partial charge in [0.25, 0.3) is 0 Å². The molecule has 0 bridgehead atoms. The van der Waals surface area contributed by atoms with Gasteiger partial charge in [0.05, 0.1) is 0 Å². The minimum atomic E-state index is -0.774. The number of hydrogen-bond acceptors (Lipinski definition) is 4. The highest BCUT2D eigenvalue weighted by Gasteiger charge is 2.23. The molecule has 0 aliphatic carbocycles. The first-order valence-electron chi connectivity index (χ1n) is 8.98. The molecular weight excluding hydrogens is 384 g/mol. The van der Waals surface area contributed by atoms with E-state index < -0.39 is 6.10 Å². The van der Waals surface area contributed by atoms with E-state index in [-0.39, 0.29) is 0 Å². The summed E-state index contributed by atoms with van der Waals surface area (Å²) in [6, 6.07) is 30.0. The maximum absolute atomic E-state index is 11.1. The summed E-state index contributed by atoms with van der Waals surface area (Å²) in [5, 5.41) is 12.9. The molecule has 4 aromatic rings. The standard InChI is InChI=1S/C23H20N2OS2/c1-25-22(27-18-13-7-3-8-14-18)20(21(26)17-11-5-2-6-12-17)24-23(25)28-19-15-9-4-10-16-19/h2-16,21,26H,1H3. The van der Waals surface area contributed by atoms with Crippen LogP contribution in [0.5, 0.6) is 0 Å². The predicted octanol–water partition coefficient (Wildman–Crippen LogP) is 5.80. The SMILES string of the molecule is Cn1c(Sc2ccccc2)nc(C(O)c2ccccc2)c1Sc1ccccc1. The van der Waals surface area contributed by atoms with E-state index in [0.717, 1.165) is 25.5 Å². The Balaban J connectivity index is 1.75. The Morgan fingerprint density at radius 2 is 1.25 bits per heavy atom. The van der Waals surface area contributed by atoms with Crippen molar-refractivity contribution in [2.24, 2.45) is 7.05 Å². The molecule has 0 saturated heterocycles. The second-order valence-corrected chi connectivity index (χ2v) is 8.39. The van der Waals surface area contributed by atoms with Crippen molar-refractivity contribution < 1.29 is 5.11 Å². The van der Waals surface area contributed by atoms with Gasteiger partial charge in [0.1, 0.15) is 16.8 Å². The molecule has 1 unspecified atom stereocenters. The van der Waals surface area contributed by atoms with Gasteiger partial charge in [0.2, 0.25) is 0 Å². The summed E-state index contributed by atoms with van der Waals surface area (Å²) in [7, 11) is 2.00. The lowest BCUT2D eigenvalue weighted by atomic mass is 10.1. The summed E-state index contributed by atoms with van der Waals surface area (Å²) in [4.78, 5) is 7.06. The maximum Gasteiger partial charge on any atom is 0.173 e. The van der Waals surface area contributed by atoms with Crippen molar-refractivity contribution in [2.45, 2.75) is 26.1 Å². The Labute approximate surface area is 173 Å². The highest BCUT2D eigenvalue weighted by Crippen LogP contribution is 2.39. The molecule has 1 heterocycles. The van der Waals surface area contributed by atoms with Crippen LogP contribution in [0.4, 0.5) is 0 Å². The molecular formula is C23H20N2OS2. The molecule has 0 amide bonds. The van der Waals surface area contributed by atoms with Crippen LogP contribution in [0.3, 0.4) is 0 Å². The van der Waals surface area contributed by atoms with Crippen LogP contribution >= 0.6 is 23.5 Å². The van der Waals surface area contributed by atoms with Gasteiger partial charge in [-0.15, -0.1) is 0 Å². The third-order valence-corrected chi connectivity index (χ3v) is 6.55. The largest absolute Gasteiger partial charge is 0.382 e. The zero-order chi connectivity index (χ0) is 19.3. The van der Waals surface area contributed by atoms with E-state index in [1.165, 1.54) is 0 Å². The van der Waals surface area contributed by atoms with Crippen molar-refractivity contribution in [1.29, 1.82) is 0 Å². The highest BCUT2D eigenvalue weighted by molar-refractivity contribution is 8.00. The van der Waals surface area contributed by atoms with Crippen molar-refractivity contribution >= 4 is 23.5 Å². The summed E-state index contributed by atoms with van der Waals surface area (Å²) in [5.74, 6) is 0. The van der Waals surface area contributed by atoms with Gasteiger partial charge in [-0.25, -0.2) is 4.98 Å². The summed E-state index contributed by atoms with van der Waals surface area (Å²) in [6.07, 6.45) is -0.774. The lowest BCUT2D eigenvalue weighted by molar-refractivity contribution is 0.212. The van der Waals surface area contributed by atoms with Crippen LogP contribution in [0.25, 0.3) is 0 Å². The molecule has 0 radical (unpaired) electrons. The average molecular weight is 405 g/mol. The fourth-order valence-electron chi connectivity index (χ4n) is 2.86. The van der Waals surface area contributed by atoms with E-state index in [1.54, 1.807) is 23.5 Å². The molecule has 0 aliphatic rings. The van der Waals surface area contributed by atoms with Crippen molar-refractivity contribution in [3.05, 3.63) is 102 Å². The summed E-state index contributed by atoms with van der Waals surface area (Å²) < 4.78 is 2.07. The summed E-state index contributed by atoms with van der Waals surface area (Å²) in [5.41, 5.74) is 1.52. The number of aliphatic hydroxyl groups is 1. The lowest BCUT2D eigenvalue weighted by Crippen LogP contribution is -2.02. The third-order valence-electron chi connectivity index (χ3n) is 4.31. The number of imidazole rings is 1. The van der Waals surface area contributed by atoms with Gasteiger partial charge in [-0.1, -0.05) is 90.3 Å². The Kier molecular flexibility index (Phi) is 5.86. The Morgan fingerprint density at radius 3 is 1.82 bits per heavy atom. The molecule has 3 nitrogen and oxygen atoms in total. The normalized spacial score (nSPS) is 12.1. The Hall–Kier alpha value is -2.47. The number of aliphatic hydroxyl groups excluding tert-OH is 1. The van der Waals surface area contributed by atoms with Gasteiger partial charge < -0.3 is 9.67 Å². The smallest absolute Gasteiger partial charge is 0.173 e. The average Bonchev–Trinajstić information content (AvgIpc) is 3.05. The molecule has 1 N–H and O–H groups in total. The monoisotopic (exact) mass is 404 g/mol. The zero-order valence-corrected chi connectivity index (χ0v) is 17.0. The van der Waals surface area contributed by atoms with Gasteiger partial charge in [0.15, 0.2) is 5.16 Å². The number of aromatic nitrogens is 2. The van der Waals surface area contributed by atoms with Crippen molar-refractivity contribution in [3.8, 4) is 0 Å². The number of benzene rings is 3. The summed E-state index contributed by atoms with van der Waals surface area (Å²) >= 11 is 3.22. The first kappa shape index (κ1) is 18.9. The second-order valence-electron chi connectivity index (χ2n) is 6.29. The first-order valence-corrected chi connectivity index (χ1v) is 10.6. The molecule has 0 spiro atoms. The van der Waals surface area contributed by atoms with Gasteiger partial charge in [-0.3, -0.25) is 0 Å². The number of rotatable bonds is 6. The number of nitrogens with zero attached hydrogens (tertiary/aromatic N) is 2. The van der Waals surface area contributed by atoms with Crippen LogP contribution in [-0.2, 0) is 7.05 Å². The van der Waals surface area contributed by atoms with Crippen LogP contribution in [0, 0.1) is 0 Å². The van der Waals surface area contributed by atoms with Crippen LogP contribution in [0.2, 0.25) is 0 Å². The van der Waals surface area contributed by atoms with E-state index in [4.69, 9.17) is 4.98 Å². The van der Waals surface area contributed by atoms with E-state index >= 15 is 0 Å². The highest BCUT2D eigenvalue weighted by atomic mass is 32.2. The van der Waals surface area contributed by atoms with Gasteiger partial charge in [-0.2, -0.15) is 0 Å². The molecule has 4 rings (SSSR count). The van der Waals surface area contributed by atoms with Crippen molar-refractivity contribution in [3.63, 3.8) is 0 Å². The summed E-state index contributed by atoms with van der Waals surface area (Å²) in [6.45, 7) is 0. The third kappa shape index (κ3) is 4.17. The van der Waals surface area contributed by atoms with Gasteiger partial charge in [0, 0.05) is 16.8 Å². The molecule has 28 heavy (non-hydrogen) atoms. The molecule has 1 atom stereocenters. The fraction of sp³-hybridized carbons (Fsp3) is 0.0870. The van der Waals surface area contributed by atoms with E-state index in [1.807, 2.05) is 73.8 Å². The zero-order valence-electron chi connectivity index (χ0n) is 15.4. The maximum atomic E-state index is 11.1. The first-order chi connectivity index (χ1) is 13.7. The minimum absolute atomic E-state index is 0.681. The quantitative estimate of drug-likeness (QED) is 0.440. The van der Waals surface area contributed by atoms with Crippen LogP contribution in [0.1, 0.15) is 17.4 Å². The van der Waals surface area contributed by atoms with Crippen LogP contribution in [0.15, 0.2) is 111 Å². The molecule has 5 heteroatoms. The van der Waals surface area contributed by atoms with Gasteiger partial charge >= 0.3 is 0 Å². The molecule has 0 fully saturated rings.